The van der Waals surface area contributed by atoms with Gasteiger partial charge in [-0.05, 0) is 70.6 Å². The average molecular weight is 455 g/mol. The maximum absolute atomic E-state index is 11.5. The molecule has 26 heavy (non-hydrogen) atoms. The molecule has 0 radical (unpaired) electrons. The number of carbonyl (C=O) groups excluding carboxylic acids is 1. The minimum absolute atomic E-state index is 0.379. The molecule has 0 aliphatic carbocycles. The van der Waals surface area contributed by atoms with Crippen molar-refractivity contribution in [3.63, 3.8) is 0 Å². The zero-order chi connectivity index (χ0) is 18.5. The molecule has 0 saturated carbocycles. The Hall–Kier alpha value is -2.85. The first-order chi connectivity index (χ1) is 12.6. The van der Waals surface area contributed by atoms with E-state index < -0.39 is 0 Å². The molecule has 0 spiro atoms. The Labute approximate surface area is 164 Å². The highest BCUT2D eigenvalue weighted by molar-refractivity contribution is 14.1. The van der Waals surface area contributed by atoms with Crippen molar-refractivity contribution >= 4 is 40.2 Å². The molecule has 0 amide bonds. The van der Waals surface area contributed by atoms with E-state index in [0.29, 0.717) is 22.7 Å². The van der Waals surface area contributed by atoms with Crippen molar-refractivity contribution in [2.24, 2.45) is 0 Å². The van der Waals surface area contributed by atoms with Gasteiger partial charge < -0.3 is 9.15 Å². The molecule has 0 bridgehead atoms. The van der Waals surface area contributed by atoms with Crippen LogP contribution in [-0.4, -0.2) is 13.1 Å². The lowest BCUT2D eigenvalue weighted by Gasteiger charge is -2.01. The van der Waals surface area contributed by atoms with Gasteiger partial charge in [-0.25, -0.2) is 4.79 Å². The van der Waals surface area contributed by atoms with Gasteiger partial charge in [0.15, 0.2) is 0 Å². The van der Waals surface area contributed by atoms with Crippen LogP contribution in [0, 0.1) is 14.9 Å². The summed E-state index contributed by atoms with van der Waals surface area (Å²) in [6.45, 7) is 0. The fourth-order valence-electron chi connectivity index (χ4n) is 2.43. The molecule has 0 aliphatic heterocycles. The summed E-state index contributed by atoms with van der Waals surface area (Å²) in [5.41, 5.74) is 2.69. The third kappa shape index (κ3) is 4.03. The van der Waals surface area contributed by atoms with E-state index in [1.54, 1.807) is 30.3 Å². The van der Waals surface area contributed by atoms with Crippen molar-refractivity contribution in [1.29, 1.82) is 5.26 Å². The maximum Gasteiger partial charge on any atom is 0.337 e. The number of allylic oxidation sites excluding steroid dienone is 1. The number of nitriles is 1. The van der Waals surface area contributed by atoms with Crippen LogP contribution >= 0.6 is 22.6 Å². The van der Waals surface area contributed by atoms with E-state index in [1.165, 1.54) is 7.11 Å². The summed E-state index contributed by atoms with van der Waals surface area (Å²) in [6, 6.07) is 20.5. The quantitative estimate of drug-likeness (QED) is 0.300. The third-order valence-corrected chi connectivity index (χ3v) is 4.50. The molecule has 3 rings (SSSR count). The highest BCUT2D eigenvalue weighted by atomic mass is 127. The van der Waals surface area contributed by atoms with Gasteiger partial charge in [-0.1, -0.05) is 24.3 Å². The third-order valence-electron chi connectivity index (χ3n) is 3.78. The first kappa shape index (κ1) is 18.0. The van der Waals surface area contributed by atoms with Gasteiger partial charge in [-0.3, -0.25) is 0 Å². The van der Waals surface area contributed by atoms with Crippen LogP contribution in [0.5, 0.6) is 0 Å². The first-order valence-corrected chi connectivity index (χ1v) is 8.85. The van der Waals surface area contributed by atoms with E-state index in [4.69, 9.17) is 9.15 Å². The molecule has 5 heteroatoms. The monoisotopic (exact) mass is 455 g/mol. The Morgan fingerprint density at radius 2 is 1.69 bits per heavy atom. The number of carbonyl (C=O) groups is 1. The molecule has 4 nitrogen and oxygen atoms in total. The number of esters is 1. The van der Waals surface area contributed by atoms with Crippen molar-refractivity contribution in [3.05, 3.63) is 81.1 Å². The largest absolute Gasteiger partial charge is 0.465 e. The van der Waals surface area contributed by atoms with E-state index in [1.807, 2.05) is 36.4 Å². The van der Waals surface area contributed by atoms with Crippen LogP contribution < -0.4 is 0 Å². The van der Waals surface area contributed by atoms with Crippen LogP contribution in [-0.2, 0) is 4.74 Å². The fraction of sp³-hybridized carbons (Fsp3) is 0.0476. The number of nitrogens with zero attached hydrogens (tertiary/aromatic N) is 1. The van der Waals surface area contributed by atoms with Crippen LogP contribution in [0.15, 0.2) is 65.1 Å². The molecular formula is C21H14INO3. The lowest BCUT2D eigenvalue weighted by atomic mass is 10.1. The van der Waals surface area contributed by atoms with Crippen LogP contribution in [0.4, 0.5) is 0 Å². The zero-order valence-corrected chi connectivity index (χ0v) is 16.1. The molecule has 0 fully saturated rings. The number of hydrogen-bond acceptors (Lipinski definition) is 4. The summed E-state index contributed by atoms with van der Waals surface area (Å²) in [5, 5.41) is 9.43. The van der Waals surface area contributed by atoms with Gasteiger partial charge >= 0.3 is 5.97 Å². The SMILES string of the molecule is COC(=O)c1ccc(-c2ccc(/C=C(/C#N)c3ccc(I)cc3)o2)cc1. The van der Waals surface area contributed by atoms with E-state index in [0.717, 1.165) is 14.7 Å². The normalized spacial score (nSPS) is 11.0. The van der Waals surface area contributed by atoms with E-state index >= 15 is 0 Å². The molecule has 0 saturated heterocycles. The minimum Gasteiger partial charge on any atom is -0.465 e. The molecule has 3 aromatic rings. The Bertz CT molecular complexity index is 993. The van der Waals surface area contributed by atoms with Crippen molar-refractivity contribution < 1.29 is 13.9 Å². The Kier molecular flexibility index (Phi) is 5.54. The smallest absolute Gasteiger partial charge is 0.337 e. The van der Waals surface area contributed by atoms with Crippen molar-refractivity contribution in [3.8, 4) is 17.4 Å². The van der Waals surface area contributed by atoms with Crippen molar-refractivity contribution in [1.82, 2.24) is 0 Å². The predicted octanol–water partition coefficient (Wildman–Crippen LogP) is 5.40. The van der Waals surface area contributed by atoms with Gasteiger partial charge in [0.2, 0.25) is 0 Å². The molecule has 0 atom stereocenters. The highest BCUT2D eigenvalue weighted by Gasteiger charge is 2.09. The highest BCUT2D eigenvalue weighted by Crippen LogP contribution is 2.26. The number of rotatable bonds is 4. The lowest BCUT2D eigenvalue weighted by molar-refractivity contribution is 0.0600. The van der Waals surface area contributed by atoms with Gasteiger partial charge in [0.05, 0.1) is 24.3 Å². The van der Waals surface area contributed by atoms with Gasteiger partial charge in [-0.2, -0.15) is 5.26 Å². The minimum atomic E-state index is -0.379. The van der Waals surface area contributed by atoms with Crippen LogP contribution in [0.3, 0.4) is 0 Å². The van der Waals surface area contributed by atoms with Crippen molar-refractivity contribution in [2.45, 2.75) is 0 Å². The average Bonchev–Trinajstić information content (AvgIpc) is 3.15. The van der Waals surface area contributed by atoms with Gasteiger partial charge in [0, 0.05) is 9.13 Å². The van der Waals surface area contributed by atoms with E-state index in [2.05, 4.69) is 28.7 Å². The molecule has 0 aliphatic rings. The van der Waals surface area contributed by atoms with Crippen LogP contribution in [0.25, 0.3) is 23.0 Å². The topological polar surface area (TPSA) is 63.2 Å². The summed E-state index contributed by atoms with van der Waals surface area (Å²) >= 11 is 2.22. The molecular weight excluding hydrogens is 441 g/mol. The van der Waals surface area contributed by atoms with Crippen LogP contribution in [0.2, 0.25) is 0 Å². The summed E-state index contributed by atoms with van der Waals surface area (Å²) < 4.78 is 11.6. The predicted molar refractivity (Wildman–Crippen MR) is 108 cm³/mol. The number of benzene rings is 2. The molecule has 1 aromatic heterocycles. The van der Waals surface area contributed by atoms with E-state index in [-0.39, 0.29) is 5.97 Å². The second kappa shape index (κ2) is 8.02. The second-order valence-corrected chi connectivity index (χ2v) is 6.69. The number of ether oxygens (including phenoxy) is 1. The Morgan fingerprint density at radius 1 is 1.04 bits per heavy atom. The van der Waals surface area contributed by atoms with Crippen LogP contribution in [0.1, 0.15) is 21.7 Å². The number of hydrogen-bond donors (Lipinski definition) is 0. The fourth-order valence-corrected chi connectivity index (χ4v) is 2.79. The molecule has 2 aromatic carbocycles. The summed E-state index contributed by atoms with van der Waals surface area (Å²) in [5.74, 6) is 0.871. The molecule has 128 valence electrons. The first-order valence-electron chi connectivity index (χ1n) is 7.77. The molecule has 0 N–H and O–H groups in total. The van der Waals surface area contributed by atoms with Crippen molar-refractivity contribution in [2.75, 3.05) is 7.11 Å². The number of halogens is 1. The maximum atomic E-state index is 11.5. The van der Waals surface area contributed by atoms with E-state index in [9.17, 15) is 10.1 Å². The number of furan rings is 1. The Balaban J connectivity index is 1.86. The standard InChI is InChI=1S/C21H14INO3/c1-25-21(24)16-4-2-15(3-5-16)20-11-10-19(26-20)12-17(13-23)14-6-8-18(22)9-7-14/h2-12H,1H3/b17-12-. The molecule has 0 unspecified atom stereocenters. The van der Waals surface area contributed by atoms with Gasteiger partial charge in [-0.15, -0.1) is 0 Å². The molecule has 1 heterocycles. The summed E-state index contributed by atoms with van der Waals surface area (Å²) in [4.78, 5) is 11.5. The van der Waals surface area contributed by atoms with Gasteiger partial charge in [0.1, 0.15) is 11.5 Å². The Morgan fingerprint density at radius 3 is 2.31 bits per heavy atom. The lowest BCUT2D eigenvalue weighted by Crippen LogP contribution is -2.00. The zero-order valence-electron chi connectivity index (χ0n) is 13.9. The summed E-state index contributed by atoms with van der Waals surface area (Å²) in [7, 11) is 1.35. The van der Waals surface area contributed by atoms with Gasteiger partial charge in [0.25, 0.3) is 0 Å². The second-order valence-electron chi connectivity index (χ2n) is 5.45. The number of methoxy groups -OCH3 is 1. The summed E-state index contributed by atoms with van der Waals surface area (Å²) in [6.07, 6.45) is 1.72.